The van der Waals surface area contributed by atoms with E-state index in [1.54, 1.807) is 0 Å². The van der Waals surface area contributed by atoms with Crippen molar-refractivity contribution in [1.29, 1.82) is 0 Å². The van der Waals surface area contributed by atoms with Gasteiger partial charge in [-0.05, 0) is 32.9 Å². The van der Waals surface area contributed by atoms with Crippen LogP contribution in [-0.2, 0) is 0 Å². The van der Waals surface area contributed by atoms with Gasteiger partial charge in [0.2, 0.25) is 0 Å². The van der Waals surface area contributed by atoms with E-state index in [-0.39, 0.29) is 11.0 Å². The maximum atomic E-state index is 12.6. The second kappa shape index (κ2) is 7.01. The summed E-state index contributed by atoms with van der Waals surface area (Å²) in [6, 6.07) is 17.6. The summed E-state index contributed by atoms with van der Waals surface area (Å²) in [5.74, 6) is 0.902. The summed E-state index contributed by atoms with van der Waals surface area (Å²) >= 11 is 1.43. The van der Waals surface area contributed by atoms with Crippen molar-refractivity contribution in [2.45, 2.75) is 31.2 Å². The first kappa shape index (κ1) is 16.5. The molecular formula is C19H19N3OS. The molecule has 0 radical (unpaired) electrons. The number of benzene rings is 2. The predicted octanol–water partition coefficient (Wildman–Crippen LogP) is 4.25. The van der Waals surface area contributed by atoms with Crippen molar-refractivity contribution >= 4 is 17.5 Å². The van der Waals surface area contributed by atoms with Crippen LogP contribution in [0.2, 0.25) is 0 Å². The van der Waals surface area contributed by atoms with Gasteiger partial charge in [-0.2, -0.15) is 0 Å². The minimum Gasteiger partial charge on any atom is -0.293 e. The highest BCUT2D eigenvalue weighted by Crippen LogP contribution is 2.27. The molecule has 0 aliphatic rings. The monoisotopic (exact) mass is 337 g/mol. The van der Waals surface area contributed by atoms with Crippen molar-refractivity contribution in [2.75, 3.05) is 0 Å². The van der Waals surface area contributed by atoms with Crippen LogP contribution < -0.4 is 0 Å². The zero-order valence-electron chi connectivity index (χ0n) is 13.9. The summed E-state index contributed by atoms with van der Waals surface area (Å²) in [5.41, 5.74) is 2.87. The molecule has 1 heterocycles. The number of hydrogen-bond acceptors (Lipinski definition) is 4. The van der Waals surface area contributed by atoms with Crippen LogP contribution in [0, 0.1) is 13.8 Å². The van der Waals surface area contributed by atoms with Crippen LogP contribution >= 0.6 is 11.8 Å². The Morgan fingerprint density at radius 1 is 1.00 bits per heavy atom. The fraction of sp³-hybridized carbons (Fsp3) is 0.211. The third-order valence-electron chi connectivity index (χ3n) is 3.80. The molecule has 1 atom stereocenters. The largest absolute Gasteiger partial charge is 0.293 e. The molecule has 3 rings (SSSR count). The minimum absolute atomic E-state index is 0.0975. The molecule has 0 unspecified atom stereocenters. The minimum atomic E-state index is -0.237. The SMILES string of the molecule is Cc1ccc(C(=O)[C@H](C)Sc2nnc(C)n2-c2ccccc2)cc1. The highest BCUT2D eigenvalue weighted by molar-refractivity contribution is 8.00. The molecule has 0 saturated carbocycles. The molecule has 0 aliphatic carbocycles. The van der Waals surface area contributed by atoms with E-state index >= 15 is 0 Å². The van der Waals surface area contributed by atoms with Gasteiger partial charge in [0, 0.05) is 11.3 Å². The summed E-state index contributed by atoms with van der Waals surface area (Å²) in [5, 5.41) is 8.91. The Balaban J connectivity index is 1.84. The number of rotatable bonds is 5. The highest BCUT2D eigenvalue weighted by atomic mass is 32.2. The summed E-state index contributed by atoms with van der Waals surface area (Å²) in [7, 11) is 0. The third kappa shape index (κ3) is 3.41. The van der Waals surface area contributed by atoms with Gasteiger partial charge in [0.15, 0.2) is 10.9 Å². The molecule has 0 bridgehead atoms. The lowest BCUT2D eigenvalue weighted by molar-refractivity contribution is 0.0994. The molecule has 5 heteroatoms. The van der Waals surface area contributed by atoms with Gasteiger partial charge in [-0.25, -0.2) is 0 Å². The molecule has 1 aromatic heterocycles. The third-order valence-corrected chi connectivity index (χ3v) is 4.84. The van der Waals surface area contributed by atoms with E-state index in [0.717, 1.165) is 27.8 Å². The number of para-hydroxylation sites is 1. The number of nitrogens with zero attached hydrogens (tertiary/aromatic N) is 3. The highest BCUT2D eigenvalue weighted by Gasteiger charge is 2.20. The Morgan fingerprint density at radius 2 is 1.67 bits per heavy atom. The molecule has 4 nitrogen and oxygen atoms in total. The second-order valence-electron chi connectivity index (χ2n) is 5.69. The number of hydrogen-bond donors (Lipinski definition) is 0. The number of aromatic nitrogens is 3. The van der Waals surface area contributed by atoms with Crippen molar-refractivity contribution < 1.29 is 4.79 Å². The van der Waals surface area contributed by atoms with Crippen LogP contribution in [0.25, 0.3) is 5.69 Å². The molecule has 122 valence electrons. The number of thioether (sulfide) groups is 1. The Labute approximate surface area is 145 Å². The van der Waals surface area contributed by atoms with Crippen molar-refractivity contribution in [3.8, 4) is 5.69 Å². The Morgan fingerprint density at radius 3 is 2.33 bits per heavy atom. The van der Waals surface area contributed by atoms with Gasteiger partial charge >= 0.3 is 0 Å². The Hall–Kier alpha value is -2.40. The topological polar surface area (TPSA) is 47.8 Å². The van der Waals surface area contributed by atoms with Crippen molar-refractivity contribution in [3.63, 3.8) is 0 Å². The molecule has 3 aromatic rings. The average molecular weight is 337 g/mol. The summed E-state index contributed by atoms with van der Waals surface area (Å²) in [6.07, 6.45) is 0. The zero-order chi connectivity index (χ0) is 17.1. The molecule has 0 amide bonds. The van der Waals surface area contributed by atoms with E-state index in [0.29, 0.717) is 0 Å². The molecule has 0 fully saturated rings. The molecular weight excluding hydrogens is 318 g/mol. The molecule has 2 aromatic carbocycles. The predicted molar refractivity (Wildman–Crippen MR) is 96.9 cm³/mol. The number of carbonyl (C=O) groups excluding carboxylic acids is 1. The van der Waals surface area contributed by atoms with Gasteiger partial charge in [0.05, 0.1) is 5.25 Å². The van der Waals surface area contributed by atoms with Crippen molar-refractivity contribution in [1.82, 2.24) is 14.8 Å². The first-order valence-corrected chi connectivity index (χ1v) is 8.69. The first-order chi connectivity index (χ1) is 11.6. The maximum absolute atomic E-state index is 12.6. The van der Waals surface area contributed by atoms with Crippen LogP contribution in [0.5, 0.6) is 0 Å². The number of aryl methyl sites for hydroxylation is 2. The molecule has 0 spiro atoms. The van der Waals surface area contributed by atoms with Gasteiger partial charge in [0.25, 0.3) is 0 Å². The van der Waals surface area contributed by atoms with E-state index in [1.165, 1.54) is 11.8 Å². The van der Waals surface area contributed by atoms with Gasteiger partial charge in [-0.15, -0.1) is 10.2 Å². The normalized spacial score (nSPS) is 12.1. The second-order valence-corrected chi connectivity index (χ2v) is 7.00. The number of Topliss-reactive ketones (excluding diaryl/α,β-unsaturated/α-hetero) is 1. The van der Waals surface area contributed by atoms with E-state index in [1.807, 2.05) is 79.9 Å². The summed E-state index contributed by atoms with van der Waals surface area (Å²) in [4.78, 5) is 12.6. The van der Waals surface area contributed by atoms with E-state index in [4.69, 9.17) is 0 Å². The Kier molecular flexibility index (Phi) is 4.81. The van der Waals surface area contributed by atoms with Gasteiger partial charge in [0.1, 0.15) is 5.82 Å². The van der Waals surface area contributed by atoms with Gasteiger partial charge < -0.3 is 0 Å². The lowest BCUT2D eigenvalue weighted by Gasteiger charge is -2.12. The van der Waals surface area contributed by atoms with Crippen LogP contribution in [0.15, 0.2) is 59.8 Å². The maximum Gasteiger partial charge on any atom is 0.196 e. The van der Waals surface area contributed by atoms with Crippen LogP contribution in [0.4, 0.5) is 0 Å². The molecule has 0 saturated heterocycles. The van der Waals surface area contributed by atoms with E-state index in [2.05, 4.69) is 10.2 Å². The summed E-state index contributed by atoms with van der Waals surface area (Å²) < 4.78 is 1.98. The van der Waals surface area contributed by atoms with Gasteiger partial charge in [-0.3, -0.25) is 9.36 Å². The molecule has 0 aliphatic heterocycles. The van der Waals surface area contributed by atoms with Crippen LogP contribution in [-0.4, -0.2) is 25.8 Å². The number of carbonyl (C=O) groups is 1. The lowest BCUT2D eigenvalue weighted by atomic mass is 10.1. The molecule has 0 N–H and O–H groups in total. The van der Waals surface area contributed by atoms with E-state index < -0.39 is 0 Å². The lowest BCUT2D eigenvalue weighted by Crippen LogP contribution is -2.14. The average Bonchev–Trinajstić information content (AvgIpc) is 2.96. The first-order valence-electron chi connectivity index (χ1n) is 7.81. The smallest absolute Gasteiger partial charge is 0.196 e. The van der Waals surface area contributed by atoms with Gasteiger partial charge in [-0.1, -0.05) is 59.8 Å². The quantitative estimate of drug-likeness (QED) is 0.516. The fourth-order valence-corrected chi connectivity index (χ4v) is 3.45. The fourth-order valence-electron chi connectivity index (χ4n) is 2.46. The standard InChI is InChI=1S/C19H19N3OS/c1-13-9-11-16(12-10-13)18(23)14(2)24-19-21-20-15(3)22(19)17-7-5-4-6-8-17/h4-12,14H,1-3H3/t14-/m0/s1. The van der Waals surface area contributed by atoms with Crippen LogP contribution in [0.1, 0.15) is 28.7 Å². The van der Waals surface area contributed by atoms with Crippen molar-refractivity contribution in [2.24, 2.45) is 0 Å². The van der Waals surface area contributed by atoms with E-state index in [9.17, 15) is 4.79 Å². The van der Waals surface area contributed by atoms with Crippen LogP contribution in [0.3, 0.4) is 0 Å². The zero-order valence-corrected chi connectivity index (χ0v) is 14.7. The summed E-state index contributed by atoms with van der Waals surface area (Å²) in [6.45, 7) is 5.83. The Bertz CT molecular complexity index is 841. The molecule has 24 heavy (non-hydrogen) atoms. The van der Waals surface area contributed by atoms with Crippen molar-refractivity contribution in [3.05, 3.63) is 71.5 Å². The number of ketones is 1.